The molecule has 5 N–H and O–H groups in total. The third-order valence-electron chi connectivity index (χ3n) is 2.14. The lowest BCUT2D eigenvalue weighted by Crippen LogP contribution is -2.32. The fraction of sp³-hybridized carbons (Fsp3) is 0.300. The number of sulfone groups is 1. The van der Waals surface area contributed by atoms with Crippen molar-refractivity contribution in [2.45, 2.75) is 17.9 Å². The number of hydrogen-bond acceptors (Lipinski definition) is 5. The number of para-hydroxylation sites is 1. The Morgan fingerprint density at radius 1 is 1.41 bits per heavy atom. The van der Waals surface area contributed by atoms with Gasteiger partial charge in [0.05, 0.1) is 22.3 Å². The molecule has 0 spiro atoms. The first-order chi connectivity index (χ1) is 7.73. The lowest BCUT2D eigenvalue weighted by molar-refractivity contribution is -0.117. The van der Waals surface area contributed by atoms with E-state index in [4.69, 9.17) is 11.5 Å². The van der Waals surface area contributed by atoms with Crippen molar-refractivity contribution in [2.75, 3.05) is 17.3 Å². The van der Waals surface area contributed by atoms with Crippen LogP contribution < -0.4 is 16.8 Å². The normalized spacial score (nSPS) is 13.1. The fourth-order valence-electron chi connectivity index (χ4n) is 1.22. The molecular formula is C10H15N3O3S. The molecule has 1 atom stereocenters. The summed E-state index contributed by atoms with van der Waals surface area (Å²) in [6, 6.07) is 3.70. The Morgan fingerprint density at radius 2 is 2.00 bits per heavy atom. The van der Waals surface area contributed by atoms with Crippen LogP contribution in [0.15, 0.2) is 23.1 Å². The maximum atomic E-state index is 11.4. The van der Waals surface area contributed by atoms with Crippen LogP contribution >= 0.6 is 0 Å². The number of nitrogens with two attached hydrogens (primary N) is 2. The number of anilines is 2. The van der Waals surface area contributed by atoms with Gasteiger partial charge in [0.25, 0.3) is 0 Å². The van der Waals surface area contributed by atoms with E-state index in [2.05, 4.69) is 5.32 Å². The molecule has 0 unspecified atom stereocenters. The van der Waals surface area contributed by atoms with Crippen molar-refractivity contribution in [3.05, 3.63) is 18.2 Å². The van der Waals surface area contributed by atoms with Crippen LogP contribution in [0.5, 0.6) is 0 Å². The number of amides is 1. The van der Waals surface area contributed by atoms with Gasteiger partial charge in [-0.05, 0) is 19.1 Å². The van der Waals surface area contributed by atoms with E-state index in [1.54, 1.807) is 0 Å². The summed E-state index contributed by atoms with van der Waals surface area (Å²) in [6.45, 7) is 1.52. The number of rotatable bonds is 3. The monoisotopic (exact) mass is 257 g/mol. The smallest absolute Gasteiger partial charge is 0.241 e. The quantitative estimate of drug-likeness (QED) is 0.657. The summed E-state index contributed by atoms with van der Waals surface area (Å²) < 4.78 is 22.8. The van der Waals surface area contributed by atoms with Gasteiger partial charge in [0, 0.05) is 6.26 Å². The molecule has 7 heteroatoms. The van der Waals surface area contributed by atoms with E-state index in [1.165, 1.54) is 25.1 Å². The van der Waals surface area contributed by atoms with Crippen molar-refractivity contribution in [2.24, 2.45) is 5.73 Å². The minimum atomic E-state index is -3.42. The van der Waals surface area contributed by atoms with E-state index in [-0.39, 0.29) is 16.3 Å². The van der Waals surface area contributed by atoms with E-state index >= 15 is 0 Å². The molecule has 0 aromatic heterocycles. The molecule has 17 heavy (non-hydrogen) atoms. The number of carbonyl (C=O) groups is 1. The molecule has 1 aromatic rings. The molecule has 0 radical (unpaired) electrons. The largest absolute Gasteiger partial charge is 0.396 e. The van der Waals surface area contributed by atoms with Gasteiger partial charge in [-0.15, -0.1) is 0 Å². The van der Waals surface area contributed by atoms with Gasteiger partial charge in [-0.1, -0.05) is 6.07 Å². The Kier molecular flexibility index (Phi) is 3.74. The van der Waals surface area contributed by atoms with Gasteiger partial charge in [0.15, 0.2) is 9.84 Å². The molecule has 0 bridgehead atoms. The van der Waals surface area contributed by atoms with Gasteiger partial charge in [-0.25, -0.2) is 8.42 Å². The van der Waals surface area contributed by atoms with Crippen LogP contribution in [0.4, 0.5) is 11.4 Å². The van der Waals surface area contributed by atoms with Crippen LogP contribution in [0.1, 0.15) is 6.92 Å². The molecule has 0 aliphatic carbocycles. The summed E-state index contributed by atoms with van der Waals surface area (Å²) in [5, 5.41) is 2.47. The average molecular weight is 257 g/mol. The minimum absolute atomic E-state index is 0.0139. The first-order valence-corrected chi connectivity index (χ1v) is 6.77. The molecule has 1 rings (SSSR count). The van der Waals surface area contributed by atoms with Crippen LogP contribution in [-0.2, 0) is 14.6 Å². The van der Waals surface area contributed by atoms with Crippen LogP contribution in [0.2, 0.25) is 0 Å². The lowest BCUT2D eigenvalue weighted by Gasteiger charge is -2.12. The highest BCUT2D eigenvalue weighted by Crippen LogP contribution is 2.26. The zero-order valence-electron chi connectivity index (χ0n) is 9.60. The first-order valence-electron chi connectivity index (χ1n) is 4.88. The third-order valence-corrected chi connectivity index (χ3v) is 3.29. The van der Waals surface area contributed by atoms with Gasteiger partial charge in [-0.3, -0.25) is 4.79 Å². The Balaban J connectivity index is 3.16. The summed E-state index contributed by atoms with van der Waals surface area (Å²) in [6.07, 6.45) is 1.05. The van der Waals surface area contributed by atoms with Gasteiger partial charge in [0.1, 0.15) is 0 Å². The molecule has 0 aliphatic heterocycles. The first kappa shape index (κ1) is 13.5. The molecule has 94 valence electrons. The molecule has 1 aromatic carbocycles. The zero-order valence-corrected chi connectivity index (χ0v) is 10.4. The van der Waals surface area contributed by atoms with E-state index in [0.717, 1.165) is 6.26 Å². The summed E-state index contributed by atoms with van der Waals surface area (Å²) in [7, 11) is -3.42. The Morgan fingerprint density at radius 3 is 2.47 bits per heavy atom. The third kappa shape index (κ3) is 3.18. The lowest BCUT2D eigenvalue weighted by atomic mass is 10.2. The number of carbonyl (C=O) groups excluding carboxylic acids is 1. The zero-order chi connectivity index (χ0) is 13.2. The van der Waals surface area contributed by atoms with Gasteiger partial charge in [-0.2, -0.15) is 0 Å². The topological polar surface area (TPSA) is 115 Å². The van der Waals surface area contributed by atoms with Crippen LogP contribution in [0.25, 0.3) is 0 Å². The molecule has 0 fully saturated rings. The summed E-state index contributed by atoms with van der Waals surface area (Å²) in [4.78, 5) is 11.4. The molecule has 1 amide bonds. The van der Waals surface area contributed by atoms with Crippen molar-refractivity contribution in [1.82, 2.24) is 0 Å². The van der Waals surface area contributed by atoms with Gasteiger partial charge >= 0.3 is 0 Å². The van der Waals surface area contributed by atoms with E-state index in [1.807, 2.05) is 0 Å². The predicted octanol–water partition coefficient (Wildman–Crippen LogP) is -0.0420. The molecule has 0 heterocycles. The maximum Gasteiger partial charge on any atom is 0.241 e. The van der Waals surface area contributed by atoms with Gasteiger partial charge < -0.3 is 16.8 Å². The minimum Gasteiger partial charge on any atom is -0.396 e. The number of hydrogen-bond donors (Lipinski definition) is 3. The highest BCUT2D eigenvalue weighted by atomic mass is 32.2. The molecule has 0 saturated carbocycles. The van der Waals surface area contributed by atoms with Crippen molar-refractivity contribution >= 4 is 27.1 Å². The molecule has 6 nitrogen and oxygen atoms in total. The molecule has 0 saturated heterocycles. The van der Waals surface area contributed by atoms with Crippen molar-refractivity contribution in [3.8, 4) is 0 Å². The van der Waals surface area contributed by atoms with Crippen LogP contribution in [0.3, 0.4) is 0 Å². The SMILES string of the molecule is C[C@H](N)C(=O)Nc1cccc(S(C)(=O)=O)c1N. The summed E-state index contributed by atoms with van der Waals surface area (Å²) in [5.74, 6) is -0.428. The fourth-order valence-corrected chi connectivity index (χ4v) is 2.06. The Bertz CT molecular complexity index is 538. The van der Waals surface area contributed by atoms with Crippen molar-refractivity contribution in [3.63, 3.8) is 0 Å². The second kappa shape index (κ2) is 4.72. The Hall–Kier alpha value is -1.60. The highest BCUT2D eigenvalue weighted by molar-refractivity contribution is 7.90. The Labute approximate surface area is 99.9 Å². The van der Waals surface area contributed by atoms with Crippen LogP contribution in [0, 0.1) is 0 Å². The van der Waals surface area contributed by atoms with E-state index in [9.17, 15) is 13.2 Å². The average Bonchev–Trinajstić information content (AvgIpc) is 2.19. The highest BCUT2D eigenvalue weighted by Gasteiger charge is 2.16. The summed E-state index contributed by atoms with van der Waals surface area (Å²) >= 11 is 0. The standard InChI is InChI=1S/C10H15N3O3S/c1-6(11)10(14)13-7-4-3-5-8(9(7)12)17(2,15)16/h3-6H,11-12H2,1-2H3,(H,13,14)/t6-/m0/s1. The number of nitrogen functional groups attached to an aromatic ring is 1. The second-order valence-corrected chi connectivity index (χ2v) is 5.75. The number of nitrogens with one attached hydrogen (secondary N) is 1. The van der Waals surface area contributed by atoms with E-state index < -0.39 is 21.8 Å². The predicted molar refractivity (Wildman–Crippen MR) is 66.2 cm³/mol. The summed E-state index contributed by atoms with van der Waals surface area (Å²) in [5.41, 5.74) is 11.3. The molecule has 0 aliphatic rings. The van der Waals surface area contributed by atoms with Crippen molar-refractivity contribution < 1.29 is 13.2 Å². The van der Waals surface area contributed by atoms with E-state index in [0.29, 0.717) is 0 Å². The van der Waals surface area contributed by atoms with Crippen molar-refractivity contribution in [1.29, 1.82) is 0 Å². The van der Waals surface area contributed by atoms with Gasteiger partial charge in [0.2, 0.25) is 5.91 Å². The number of benzene rings is 1. The second-order valence-electron chi connectivity index (χ2n) is 3.77. The maximum absolute atomic E-state index is 11.4. The molecular weight excluding hydrogens is 242 g/mol. The van der Waals surface area contributed by atoms with Crippen LogP contribution in [-0.4, -0.2) is 26.6 Å².